The molecular weight excluding hydrogens is 279 g/mol. The quantitative estimate of drug-likeness (QED) is 0.807. The first kappa shape index (κ1) is 14.6. The van der Waals surface area contributed by atoms with Crippen molar-refractivity contribution in [2.24, 2.45) is 0 Å². The minimum Gasteiger partial charge on any atom is -0.480 e. The Kier molecular flexibility index (Phi) is 4.60. The van der Waals surface area contributed by atoms with Gasteiger partial charge >= 0.3 is 5.97 Å². The van der Waals surface area contributed by atoms with E-state index in [0.29, 0.717) is 13.0 Å². The van der Waals surface area contributed by atoms with Crippen LogP contribution in [0.1, 0.15) is 16.1 Å². The molecule has 21 heavy (non-hydrogen) atoms. The minimum atomic E-state index is -1.07. The molecule has 0 unspecified atom stereocenters. The Morgan fingerprint density at radius 3 is 2.90 bits per heavy atom. The van der Waals surface area contributed by atoms with Gasteiger partial charge in [-0.25, -0.2) is 9.07 Å². The summed E-state index contributed by atoms with van der Waals surface area (Å²) in [4.78, 5) is 22.2. The lowest BCUT2D eigenvalue weighted by molar-refractivity contribution is -0.137. The van der Waals surface area contributed by atoms with E-state index in [4.69, 9.17) is 5.11 Å². The van der Waals surface area contributed by atoms with E-state index in [1.807, 2.05) is 0 Å². The van der Waals surface area contributed by atoms with Crippen LogP contribution >= 0.6 is 0 Å². The summed E-state index contributed by atoms with van der Waals surface area (Å²) in [7, 11) is 0. The molecule has 0 spiro atoms. The zero-order valence-corrected chi connectivity index (χ0v) is 11.0. The van der Waals surface area contributed by atoms with E-state index in [1.165, 1.54) is 18.3 Å². The predicted octanol–water partition coefficient (Wildman–Crippen LogP) is 0.474. The molecule has 0 saturated heterocycles. The number of aliphatic carboxylic acids is 1. The molecule has 0 atom stereocenters. The van der Waals surface area contributed by atoms with E-state index < -0.39 is 11.9 Å². The summed E-state index contributed by atoms with van der Waals surface area (Å²) in [5.41, 5.74) is 0.806. The number of carbonyl (C=O) groups excluding carboxylic acids is 1. The van der Waals surface area contributed by atoms with E-state index >= 15 is 0 Å². The average Bonchev–Trinajstić information content (AvgIpc) is 2.86. The number of carboxylic acids is 1. The molecule has 0 aliphatic rings. The van der Waals surface area contributed by atoms with Gasteiger partial charge in [0, 0.05) is 6.54 Å². The van der Waals surface area contributed by atoms with Crippen LogP contribution in [0.4, 0.5) is 4.39 Å². The van der Waals surface area contributed by atoms with Crippen molar-refractivity contribution in [1.29, 1.82) is 0 Å². The number of amides is 1. The molecule has 2 aromatic rings. The highest BCUT2D eigenvalue weighted by Gasteiger charge is 2.11. The van der Waals surface area contributed by atoms with E-state index in [1.54, 1.807) is 12.1 Å². The van der Waals surface area contributed by atoms with Crippen molar-refractivity contribution < 1.29 is 19.1 Å². The predicted molar refractivity (Wildman–Crippen MR) is 70.1 cm³/mol. The molecule has 1 aromatic heterocycles. The molecule has 0 saturated carbocycles. The second kappa shape index (κ2) is 6.60. The Balaban J connectivity index is 1.84. The lowest BCUT2D eigenvalue weighted by Crippen LogP contribution is -2.26. The number of carboxylic acid groups (broad SMARTS) is 1. The SMILES string of the molecule is O=C(O)Cn1cc(C(=O)NCCc2cccc(F)c2)nn1. The van der Waals surface area contributed by atoms with Crippen molar-refractivity contribution in [3.05, 3.63) is 47.5 Å². The second-order valence-electron chi connectivity index (χ2n) is 4.33. The van der Waals surface area contributed by atoms with Gasteiger partial charge in [-0.2, -0.15) is 0 Å². The van der Waals surface area contributed by atoms with Crippen LogP contribution < -0.4 is 5.32 Å². The molecule has 1 aromatic carbocycles. The van der Waals surface area contributed by atoms with Crippen LogP contribution in [0.3, 0.4) is 0 Å². The number of halogens is 1. The number of nitrogens with one attached hydrogen (secondary N) is 1. The first-order chi connectivity index (χ1) is 10.0. The van der Waals surface area contributed by atoms with Gasteiger partial charge in [0.25, 0.3) is 5.91 Å². The van der Waals surface area contributed by atoms with Gasteiger partial charge in [0.05, 0.1) is 6.20 Å². The molecule has 0 radical (unpaired) electrons. The van der Waals surface area contributed by atoms with Crippen LogP contribution in [0.5, 0.6) is 0 Å². The van der Waals surface area contributed by atoms with Crippen molar-refractivity contribution in [1.82, 2.24) is 20.3 Å². The zero-order chi connectivity index (χ0) is 15.2. The molecular formula is C13H13FN4O3. The topological polar surface area (TPSA) is 97.1 Å². The first-order valence-electron chi connectivity index (χ1n) is 6.19. The maximum atomic E-state index is 13.0. The van der Waals surface area contributed by atoms with Crippen LogP contribution in [0.25, 0.3) is 0 Å². The highest BCUT2D eigenvalue weighted by molar-refractivity contribution is 5.91. The number of carbonyl (C=O) groups is 2. The number of hydrogen-bond acceptors (Lipinski definition) is 4. The Hall–Kier alpha value is -2.77. The fourth-order valence-corrected chi connectivity index (χ4v) is 1.72. The number of hydrogen-bond donors (Lipinski definition) is 2. The third kappa shape index (κ3) is 4.37. The van der Waals surface area contributed by atoms with E-state index in [0.717, 1.165) is 10.2 Å². The number of benzene rings is 1. The van der Waals surface area contributed by atoms with Gasteiger partial charge in [0.1, 0.15) is 12.4 Å². The standard InChI is InChI=1S/C13H13FN4O3/c14-10-3-1-2-9(6-10)4-5-15-13(21)11-7-18(17-16-11)8-12(19)20/h1-3,6-7H,4-5,8H2,(H,15,21)(H,19,20). The Labute approximate surface area is 119 Å². The normalized spacial score (nSPS) is 10.3. The van der Waals surface area contributed by atoms with Gasteiger partial charge in [-0.1, -0.05) is 17.3 Å². The van der Waals surface area contributed by atoms with E-state index in [9.17, 15) is 14.0 Å². The van der Waals surface area contributed by atoms with Crippen LogP contribution in [-0.2, 0) is 17.8 Å². The van der Waals surface area contributed by atoms with Crippen molar-refractivity contribution in [3.63, 3.8) is 0 Å². The summed E-state index contributed by atoms with van der Waals surface area (Å²) in [6.07, 6.45) is 1.73. The van der Waals surface area contributed by atoms with Gasteiger partial charge in [-0.15, -0.1) is 5.10 Å². The summed E-state index contributed by atoms with van der Waals surface area (Å²) in [5, 5.41) is 18.3. The molecule has 7 nitrogen and oxygen atoms in total. The molecule has 0 fully saturated rings. The molecule has 8 heteroatoms. The van der Waals surface area contributed by atoms with Crippen LogP contribution in [-0.4, -0.2) is 38.5 Å². The largest absolute Gasteiger partial charge is 0.480 e. The molecule has 0 bridgehead atoms. The molecule has 0 aliphatic carbocycles. The van der Waals surface area contributed by atoms with Crippen molar-refractivity contribution >= 4 is 11.9 Å². The maximum absolute atomic E-state index is 13.0. The molecule has 0 aliphatic heterocycles. The smallest absolute Gasteiger partial charge is 0.325 e. The number of nitrogens with zero attached hydrogens (tertiary/aromatic N) is 3. The van der Waals surface area contributed by atoms with Crippen molar-refractivity contribution in [2.45, 2.75) is 13.0 Å². The van der Waals surface area contributed by atoms with Gasteiger partial charge < -0.3 is 10.4 Å². The molecule has 1 amide bonds. The van der Waals surface area contributed by atoms with E-state index in [-0.39, 0.29) is 18.1 Å². The number of rotatable bonds is 6. The van der Waals surface area contributed by atoms with Crippen LogP contribution in [0.15, 0.2) is 30.5 Å². The maximum Gasteiger partial charge on any atom is 0.325 e. The van der Waals surface area contributed by atoms with Gasteiger partial charge in [-0.3, -0.25) is 9.59 Å². The summed E-state index contributed by atoms with van der Waals surface area (Å²) in [6.45, 7) is -0.0440. The third-order valence-corrected chi connectivity index (χ3v) is 2.66. The Morgan fingerprint density at radius 2 is 2.19 bits per heavy atom. The van der Waals surface area contributed by atoms with Gasteiger partial charge in [0.2, 0.25) is 0 Å². The zero-order valence-electron chi connectivity index (χ0n) is 11.0. The summed E-state index contributed by atoms with van der Waals surface area (Å²) < 4.78 is 14.0. The summed E-state index contributed by atoms with van der Waals surface area (Å²) >= 11 is 0. The summed E-state index contributed by atoms with van der Waals surface area (Å²) in [6, 6.07) is 6.11. The summed E-state index contributed by atoms with van der Waals surface area (Å²) in [5.74, 6) is -1.85. The minimum absolute atomic E-state index is 0.0375. The highest BCUT2D eigenvalue weighted by Crippen LogP contribution is 2.03. The van der Waals surface area contributed by atoms with Crippen LogP contribution in [0, 0.1) is 5.82 Å². The van der Waals surface area contributed by atoms with E-state index in [2.05, 4.69) is 15.6 Å². The average molecular weight is 292 g/mol. The van der Waals surface area contributed by atoms with Gasteiger partial charge in [0.15, 0.2) is 5.69 Å². The Bertz CT molecular complexity index is 656. The fraction of sp³-hybridized carbons (Fsp3) is 0.231. The third-order valence-electron chi connectivity index (χ3n) is 2.66. The second-order valence-corrected chi connectivity index (χ2v) is 4.33. The lowest BCUT2D eigenvalue weighted by atomic mass is 10.1. The fourth-order valence-electron chi connectivity index (χ4n) is 1.72. The molecule has 1 heterocycles. The lowest BCUT2D eigenvalue weighted by Gasteiger charge is -2.03. The number of aromatic nitrogens is 3. The first-order valence-corrected chi connectivity index (χ1v) is 6.19. The molecule has 110 valence electrons. The Morgan fingerprint density at radius 1 is 1.38 bits per heavy atom. The highest BCUT2D eigenvalue weighted by atomic mass is 19.1. The van der Waals surface area contributed by atoms with Crippen molar-refractivity contribution in [3.8, 4) is 0 Å². The monoisotopic (exact) mass is 292 g/mol. The van der Waals surface area contributed by atoms with Crippen molar-refractivity contribution in [2.75, 3.05) is 6.54 Å². The van der Waals surface area contributed by atoms with Crippen LogP contribution in [0.2, 0.25) is 0 Å². The van der Waals surface area contributed by atoms with Gasteiger partial charge in [-0.05, 0) is 24.1 Å². The molecule has 2 N–H and O–H groups in total. The molecule has 2 rings (SSSR count).